The van der Waals surface area contributed by atoms with Crippen molar-refractivity contribution in [2.24, 2.45) is 0 Å². The van der Waals surface area contributed by atoms with Crippen LogP contribution in [0.5, 0.6) is 0 Å². The minimum Gasteiger partial charge on any atom is -0.396 e. The number of alkyl halides is 1. The zero-order chi connectivity index (χ0) is 10.8. The number of aliphatic hydroxyl groups is 1. The Morgan fingerprint density at radius 1 is 1.36 bits per heavy atom. The van der Waals surface area contributed by atoms with Gasteiger partial charge in [-0.05, 0) is 19.3 Å². The first-order valence-corrected chi connectivity index (χ1v) is 6.16. The summed E-state index contributed by atoms with van der Waals surface area (Å²) in [5, 5.41) is 11.4. The Hall–Kier alpha value is -0.0900. The predicted molar refractivity (Wildman–Crippen MR) is 61.6 cm³/mol. The molecule has 0 saturated carbocycles. The number of aliphatic hydroxyl groups excluding tert-OH is 1. The predicted octanol–water partition coefficient (Wildman–Crippen LogP) is 1.83. The Kier molecular flexibility index (Phi) is 9.40. The highest BCUT2D eigenvalue weighted by Crippen LogP contribution is 2.04. The normalized spacial score (nSPS) is 12.5. The van der Waals surface area contributed by atoms with Crippen molar-refractivity contribution in [3.8, 4) is 0 Å². The summed E-state index contributed by atoms with van der Waals surface area (Å²) in [6.45, 7) is 2.98. The summed E-state index contributed by atoms with van der Waals surface area (Å²) in [6, 6.07) is 0. The van der Waals surface area contributed by atoms with Crippen LogP contribution in [0.3, 0.4) is 0 Å². The Labute approximate surface area is 94.4 Å². The molecule has 0 heterocycles. The fourth-order valence-electron chi connectivity index (χ4n) is 1.10. The van der Waals surface area contributed by atoms with E-state index in [0.29, 0.717) is 0 Å². The molecule has 4 heteroatoms. The van der Waals surface area contributed by atoms with Crippen LogP contribution in [0.15, 0.2) is 0 Å². The van der Waals surface area contributed by atoms with Crippen molar-refractivity contribution in [2.45, 2.75) is 43.9 Å². The lowest BCUT2D eigenvalue weighted by Gasteiger charge is -2.08. The van der Waals surface area contributed by atoms with Crippen molar-refractivity contribution in [1.82, 2.24) is 5.32 Å². The maximum Gasteiger partial charge on any atom is 0.233 e. The first-order valence-electron chi connectivity index (χ1n) is 5.25. The molecular weight excluding hydrogens is 246 g/mol. The summed E-state index contributed by atoms with van der Waals surface area (Å²) in [5.41, 5.74) is 0. The van der Waals surface area contributed by atoms with Gasteiger partial charge in [-0.2, -0.15) is 0 Å². The van der Waals surface area contributed by atoms with Crippen LogP contribution in [0.4, 0.5) is 0 Å². The second kappa shape index (κ2) is 9.46. The van der Waals surface area contributed by atoms with E-state index in [1.54, 1.807) is 0 Å². The summed E-state index contributed by atoms with van der Waals surface area (Å²) in [4.78, 5) is 11.2. The van der Waals surface area contributed by atoms with Gasteiger partial charge in [0.2, 0.25) is 5.91 Å². The van der Waals surface area contributed by atoms with E-state index >= 15 is 0 Å². The van der Waals surface area contributed by atoms with E-state index in [1.165, 1.54) is 0 Å². The van der Waals surface area contributed by atoms with Crippen LogP contribution in [-0.4, -0.2) is 29.0 Å². The van der Waals surface area contributed by atoms with Crippen molar-refractivity contribution in [3.05, 3.63) is 0 Å². The van der Waals surface area contributed by atoms with Gasteiger partial charge in [-0.15, -0.1) is 0 Å². The van der Waals surface area contributed by atoms with Crippen LogP contribution in [0.2, 0.25) is 0 Å². The highest BCUT2D eigenvalue weighted by molar-refractivity contribution is 9.10. The van der Waals surface area contributed by atoms with Gasteiger partial charge in [-0.1, -0.05) is 35.7 Å². The summed E-state index contributed by atoms with van der Waals surface area (Å²) in [6.07, 6.45) is 4.79. The van der Waals surface area contributed by atoms with Crippen molar-refractivity contribution < 1.29 is 9.90 Å². The molecule has 0 rings (SSSR count). The molecule has 0 aliphatic heterocycles. The lowest BCUT2D eigenvalue weighted by molar-refractivity contribution is -0.120. The number of amides is 1. The zero-order valence-corrected chi connectivity index (χ0v) is 10.3. The van der Waals surface area contributed by atoms with Gasteiger partial charge in [0.05, 0.1) is 4.83 Å². The molecular formula is C10H20BrNO2. The molecule has 0 fully saturated rings. The minimum atomic E-state index is -0.0556. The molecule has 1 atom stereocenters. The number of carbonyl (C=O) groups is 1. The van der Waals surface area contributed by atoms with E-state index < -0.39 is 0 Å². The number of carbonyl (C=O) groups excluding carboxylic acids is 1. The van der Waals surface area contributed by atoms with Gasteiger partial charge in [0, 0.05) is 13.2 Å². The summed E-state index contributed by atoms with van der Waals surface area (Å²) in [7, 11) is 0. The maximum absolute atomic E-state index is 11.3. The number of halogens is 1. The standard InChI is InChI=1S/C10H20BrNO2/c1-2-9(11)10(14)12-7-5-3-4-6-8-13/h9,13H,2-8H2,1H3,(H,12,14). The Bertz CT molecular complexity index is 153. The number of rotatable bonds is 8. The number of hydrogen-bond acceptors (Lipinski definition) is 2. The fraction of sp³-hybridized carbons (Fsp3) is 0.900. The Balaban J connectivity index is 3.23. The molecule has 0 aromatic carbocycles. The molecule has 1 unspecified atom stereocenters. The molecule has 0 radical (unpaired) electrons. The fourth-order valence-corrected chi connectivity index (χ4v) is 1.26. The molecule has 84 valence electrons. The van der Waals surface area contributed by atoms with E-state index in [9.17, 15) is 4.79 Å². The molecule has 3 nitrogen and oxygen atoms in total. The van der Waals surface area contributed by atoms with Crippen molar-refractivity contribution in [2.75, 3.05) is 13.2 Å². The van der Waals surface area contributed by atoms with Crippen LogP contribution >= 0.6 is 15.9 Å². The average molecular weight is 266 g/mol. The lowest BCUT2D eigenvalue weighted by Crippen LogP contribution is -2.31. The van der Waals surface area contributed by atoms with Gasteiger partial charge in [0.1, 0.15) is 0 Å². The van der Waals surface area contributed by atoms with E-state index in [0.717, 1.165) is 38.6 Å². The minimum absolute atomic E-state index is 0.0556. The van der Waals surface area contributed by atoms with Crippen LogP contribution in [0.1, 0.15) is 39.0 Å². The average Bonchev–Trinajstić information content (AvgIpc) is 2.21. The quantitative estimate of drug-likeness (QED) is 0.520. The van der Waals surface area contributed by atoms with Crippen molar-refractivity contribution >= 4 is 21.8 Å². The summed E-state index contributed by atoms with van der Waals surface area (Å²) < 4.78 is 0. The number of nitrogens with one attached hydrogen (secondary N) is 1. The van der Waals surface area contributed by atoms with Crippen LogP contribution in [0.25, 0.3) is 0 Å². The molecule has 0 saturated heterocycles. The van der Waals surface area contributed by atoms with Gasteiger partial charge in [-0.25, -0.2) is 0 Å². The van der Waals surface area contributed by atoms with Gasteiger partial charge in [0.25, 0.3) is 0 Å². The van der Waals surface area contributed by atoms with Gasteiger partial charge in [0.15, 0.2) is 0 Å². The van der Waals surface area contributed by atoms with E-state index in [4.69, 9.17) is 5.11 Å². The highest BCUT2D eigenvalue weighted by atomic mass is 79.9. The van der Waals surface area contributed by atoms with Crippen LogP contribution in [0, 0.1) is 0 Å². The maximum atomic E-state index is 11.3. The lowest BCUT2D eigenvalue weighted by atomic mass is 10.2. The summed E-state index contributed by atoms with van der Waals surface area (Å²) in [5.74, 6) is 0.0784. The molecule has 14 heavy (non-hydrogen) atoms. The Morgan fingerprint density at radius 2 is 2.00 bits per heavy atom. The number of unbranched alkanes of at least 4 members (excludes halogenated alkanes) is 3. The van der Waals surface area contributed by atoms with E-state index in [-0.39, 0.29) is 17.3 Å². The summed E-state index contributed by atoms with van der Waals surface area (Å²) >= 11 is 3.29. The molecule has 0 aliphatic rings. The SMILES string of the molecule is CCC(Br)C(=O)NCCCCCCO. The molecule has 1 amide bonds. The molecule has 2 N–H and O–H groups in total. The largest absolute Gasteiger partial charge is 0.396 e. The molecule has 0 aromatic rings. The van der Waals surface area contributed by atoms with E-state index in [2.05, 4.69) is 21.2 Å². The second-order valence-corrected chi connectivity index (χ2v) is 4.41. The molecule has 0 aliphatic carbocycles. The van der Waals surface area contributed by atoms with Crippen molar-refractivity contribution in [1.29, 1.82) is 0 Å². The smallest absolute Gasteiger partial charge is 0.233 e. The van der Waals surface area contributed by atoms with Crippen molar-refractivity contribution in [3.63, 3.8) is 0 Å². The van der Waals surface area contributed by atoms with Gasteiger partial charge in [-0.3, -0.25) is 4.79 Å². The van der Waals surface area contributed by atoms with Crippen LogP contribution < -0.4 is 5.32 Å². The second-order valence-electron chi connectivity index (χ2n) is 3.30. The third kappa shape index (κ3) is 7.33. The molecule has 0 aromatic heterocycles. The Morgan fingerprint density at radius 3 is 2.57 bits per heavy atom. The monoisotopic (exact) mass is 265 g/mol. The molecule has 0 bridgehead atoms. The molecule has 0 spiro atoms. The number of hydrogen-bond donors (Lipinski definition) is 2. The highest BCUT2D eigenvalue weighted by Gasteiger charge is 2.10. The van der Waals surface area contributed by atoms with Gasteiger partial charge >= 0.3 is 0 Å². The third-order valence-corrected chi connectivity index (χ3v) is 3.09. The van der Waals surface area contributed by atoms with E-state index in [1.807, 2.05) is 6.92 Å². The first-order chi connectivity index (χ1) is 6.72. The topological polar surface area (TPSA) is 49.3 Å². The third-order valence-electron chi connectivity index (χ3n) is 2.03. The zero-order valence-electron chi connectivity index (χ0n) is 8.76. The van der Waals surface area contributed by atoms with Gasteiger partial charge < -0.3 is 10.4 Å². The first kappa shape index (κ1) is 13.9. The van der Waals surface area contributed by atoms with Crippen LogP contribution in [-0.2, 0) is 4.79 Å².